The third kappa shape index (κ3) is 4.83. The minimum Gasteiger partial charge on any atom is -0.451 e. The molecule has 0 fully saturated rings. The summed E-state index contributed by atoms with van der Waals surface area (Å²) in [6.45, 7) is 6.02. The summed E-state index contributed by atoms with van der Waals surface area (Å²) in [4.78, 5) is 24.7. The van der Waals surface area contributed by atoms with Gasteiger partial charge in [0.1, 0.15) is 11.3 Å². The molecule has 2 aromatic carbocycles. The van der Waals surface area contributed by atoms with E-state index in [2.05, 4.69) is 15.8 Å². The van der Waals surface area contributed by atoms with Gasteiger partial charge in [0.05, 0.1) is 6.42 Å². The summed E-state index contributed by atoms with van der Waals surface area (Å²) < 4.78 is 10.9. The smallest absolute Gasteiger partial charge is 0.291 e. The predicted octanol–water partition coefficient (Wildman–Crippen LogP) is 5.15. The molecule has 0 atom stereocenters. The number of carbonyl (C=O) groups is 2. The molecule has 0 unspecified atom stereocenters. The van der Waals surface area contributed by atoms with Crippen LogP contribution in [0.15, 0.2) is 69.6 Å². The highest BCUT2D eigenvalue weighted by Gasteiger charge is 2.20. The van der Waals surface area contributed by atoms with Crippen molar-refractivity contribution in [1.29, 1.82) is 0 Å². The van der Waals surface area contributed by atoms with Gasteiger partial charge in [-0.2, -0.15) is 0 Å². The minimum atomic E-state index is -0.331. The number of furan rings is 1. The number of nitrogens with zero attached hydrogens (tertiary/aromatic N) is 1. The van der Waals surface area contributed by atoms with Crippen LogP contribution >= 0.6 is 0 Å². The van der Waals surface area contributed by atoms with Crippen molar-refractivity contribution in [3.63, 3.8) is 0 Å². The van der Waals surface area contributed by atoms with E-state index in [-0.39, 0.29) is 29.4 Å². The van der Waals surface area contributed by atoms with Crippen LogP contribution in [-0.2, 0) is 16.6 Å². The molecule has 2 N–H and O–H groups in total. The van der Waals surface area contributed by atoms with Crippen LogP contribution in [-0.4, -0.2) is 17.0 Å². The van der Waals surface area contributed by atoms with Crippen LogP contribution in [0, 0.1) is 0 Å². The fraction of sp³-hybridized carbons (Fsp3) is 0.208. The average molecular weight is 417 g/mol. The summed E-state index contributed by atoms with van der Waals surface area (Å²) in [6.07, 6.45) is 0.176. The minimum absolute atomic E-state index is 0.176. The first-order valence-corrected chi connectivity index (χ1v) is 9.94. The number of aromatic nitrogens is 1. The Morgan fingerprint density at radius 2 is 1.71 bits per heavy atom. The molecule has 2 aromatic heterocycles. The van der Waals surface area contributed by atoms with Gasteiger partial charge in [-0.05, 0) is 29.8 Å². The molecular weight excluding hydrogens is 394 g/mol. The number of amides is 2. The van der Waals surface area contributed by atoms with Gasteiger partial charge in [0.25, 0.3) is 5.91 Å². The molecule has 0 saturated carbocycles. The zero-order valence-electron chi connectivity index (χ0n) is 17.6. The molecule has 4 rings (SSSR count). The quantitative estimate of drug-likeness (QED) is 0.468. The maximum Gasteiger partial charge on any atom is 0.291 e. The van der Waals surface area contributed by atoms with Crippen molar-refractivity contribution < 1.29 is 18.5 Å². The molecular formula is C24H23N3O4. The lowest BCUT2D eigenvalue weighted by Gasteiger charge is -2.12. The summed E-state index contributed by atoms with van der Waals surface area (Å²) in [5.74, 6) is 0.805. The fourth-order valence-corrected chi connectivity index (χ4v) is 3.05. The molecule has 7 nitrogen and oxygen atoms in total. The summed E-state index contributed by atoms with van der Waals surface area (Å²) in [6, 6.07) is 18.0. The molecule has 0 bridgehead atoms. The third-order valence-corrected chi connectivity index (χ3v) is 4.74. The summed E-state index contributed by atoms with van der Waals surface area (Å²) >= 11 is 0. The van der Waals surface area contributed by atoms with Gasteiger partial charge in [0.15, 0.2) is 11.6 Å². The molecule has 4 aromatic rings. The first-order valence-electron chi connectivity index (χ1n) is 9.94. The molecule has 7 heteroatoms. The van der Waals surface area contributed by atoms with Crippen molar-refractivity contribution in [2.45, 2.75) is 32.6 Å². The van der Waals surface area contributed by atoms with Gasteiger partial charge in [-0.3, -0.25) is 9.59 Å². The number of nitrogens with one attached hydrogen (secondary N) is 2. The lowest BCUT2D eigenvalue weighted by Crippen LogP contribution is -2.15. The number of anilines is 2. The number of fused-ring (bicyclic) bond motifs is 1. The van der Waals surface area contributed by atoms with E-state index in [1.54, 1.807) is 36.4 Å². The summed E-state index contributed by atoms with van der Waals surface area (Å²) in [5, 5.41) is 10.3. The van der Waals surface area contributed by atoms with Crippen LogP contribution < -0.4 is 10.6 Å². The van der Waals surface area contributed by atoms with E-state index in [0.29, 0.717) is 22.8 Å². The standard InChI is InChI=1S/C24H23N3O4/c1-24(2,3)20-14-21(27-31-20)26-22(28)12-15-8-10-17(11-9-15)25-23(29)19-13-16-6-4-5-7-18(16)30-19/h4-11,13-14H,12H2,1-3H3,(H,25,29)(H,26,27,28). The molecule has 0 aliphatic rings. The first-order chi connectivity index (χ1) is 14.8. The number of para-hydroxylation sites is 1. The number of carbonyl (C=O) groups excluding carboxylic acids is 2. The zero-order chi connectivity index (χ0) is 22.0. The highest BCUT2D eigenvalue weighted by Crippen LogP contribution is 2.24. The maximum atomic E-state index is 12.4. The average Bonchev–Trinajstić information content (AvgIpc) is 3.36. The van der Waals surface area contributed by atoms with E-state index in [1.165, 1.54) is 0 Å². The van der Waals surface area contributed by atoms with Gasteiger partial charge >= 0.3 is 0 Å². The molecule has 0 radical (unpaired) electrons. The number of hydrogen-bond donors (Lipinski definition) is 2. The monoisotopic (exact) mass is 417 g/mol. The molecule has 2 heterocycles. The van der Waals surface area contributed by atoms with Gasteiger partial charge in [0.2, 0.25) is 5.91 Å². The lowest BCUT2D eigenvalue weighted by atomic mass is 9.93. The Morgan fingerprint density at radius 3 is 2.39 bits per heavy atom. The van der Waals surface area contributed by atoms with Crippen LogP contribution in [0.25, 0.3) is 11.0 Å². The van der Waals surface area contributed by atoms with Crippen LogP contribution in [0.2, 0.25) is 0 Å². The molecule has 0 aliphatic carbocycles. The number of hydrogen-bond acceptors (Lipinski definition) is 5. The largest absolute Gasteiger partial charge is 0.451 e. The number of benzene rings is 2. The SMILES string of the molecule is CC(C)(C)c1cc(NC(=O)Cc2ccc(NC(=O)c3cc4ccccc4o3)cc2)no1. The Morgan fingerprint density at radius 1 is 0.968 bits per heavy atom. The van der Waals surface area contributed by atoms with Crippen molar-refractivity contribution in [2.75, 3.05) is 10.6 Å². The van der Waals surface area contributed by atoms with E-state index in [9.17, 15) is 9.59 Å². The highest BCUT2D eigenvalue weighted by molar-refractivity contribution is 6.04. The molecule has 31 heavy (non-hydrogen) atoms. The van der Waals surface area contributed by atoms with Gasteiger partial charge in [-0.1, -0.05) is 56.3 Å². The third-order valence-electron chi connectivity index (χ3n) is 4.74. The fourth-order valence-electron chi connectivity index (χ4n) is 3.05. The Hall–Kier alpha value is -3.87. The van der Waals surface area contributed by atoms with Crippen LogP contribution in [0.4, 0.5) is 11.5 Å². The molecule has 158 valence electrons. The summed E-state index contributed by atoms with van der Waals surface area (Å²) in [7, 11) is 0. The van der Waals surface area contributed by atoms with Crippen LogP contribution in [0.1, 0.15) is 42.6 Å². The first kappa shape index (κ1) is 20.4. The molecule has 2 amide bonds. The Bertz CT molecular complexity index is 1200. The van der Waals surface area contributed by atoms with Gasteiger partial charge in [-0.15, -0.1) is 0 Å². The normalized spacial score (nSPS) is 11.5. The highest BCUT2D eigenvalue weighted by atomic mass is 16.5. The number of rotatable bonds is 5. The lowest BCUT2D eigenvalue weighted by molar-refractivity contribution is -0.115. The predicted molar refractivity (Wildman–Crippen MR) is 118 cm³/mol. The van der Waals surface area contributed by atoms with Crippen LogP contribution in [0.3, 0.4) is 0 Å². The van der Waals surface area contributed by atoms with E-state index < -0.39 is 0 Å². The van der Waals surface area contributed by atoms with E-state index in [1.807, 2.05) is 45.0 Å². The van der Waals surface area contributed by atoms with Crippen molar-refractivity contribution in [2.24, 2.45) is 0 Å². The van der Waals surface area contributed by atoms with Crippen molar-refractivity contribution >= 4 is 34.3 Å². The van der Waals surface area contributed by atoms with Gasteiger partial charge in [0, 0.05) is 22.6 Å². The molecule has 0 aliphatic heterocycles. The second-order valence-corrected chi connectivity index (χ2v) is 8.35. The van der Waals surface area contributed by atoms with E-state index >= 15 is 0 Å². The molecule has 0 saturated heterocycles. The Balaban J connectivity index is 1.35. The summed E-state index contributed by atoms with van der Waals surface area (Å²) in [5.41, 5.74) is 1.90. The maximum absolute atomic E-state index is 12.4. The van der Waals surface area contributed by atoms with Crippen molar-refractivity contribution in [3.8, 4) is 0 Å². The van der Waals surface area contributed by atoms with Crippen molar-refractivity contribution in [3.05, 3.63) is 77.7 Å². The Labute approximate surface area is 179 Å². The van der Waals surface area contributed by atoms with Crippen molar-refractivity contribution in [1.82, 2.24) is 5.16 Å². The van der Waals surface area contributed by atoms with E-state index in [4.69, 9.17) is 8.94 Å². The topological polar surface area (TPSA) is 97.4 Å². The van der Waals surface area contributed by atoms with Gasteiger partial charge < -0.3 is 19.6 Å². The second-order valence-electron chi connectivity index (χ2n) is 8.35. The second kappa shape index (κ2) is 8.10. The van der Waals surface area contributed by atoms with Crippen LogP contribution in [0.5, 0.6) is 0 Å². The van der Waals surface area contributed by atoms with Gasteiger partial charge in [-0.25, -0.2) is 0 Å². The Kier molecular flexibility index (Phi) is 5.33. The van der Waals surface area contributed by atoms with E-state index in [0.717, 1.165) is 10.9 Å². The molecule has 0 spiro atoms. The zero-order valence-corrected chi connectivity index (χ0v) is 17.6.